The highest BCUT2D eigenvalue weighted by Gasteiger charge is 2.08. The molecule has 0 bridgehead atoms. The van der Waals surface area contributed by atoms with Gasteiger partial charge in [-0.05, 0) is 42.5 Å². The first kappa shape index (κ1) is 15.7. The molecule has 2 aromatic rings. The molecule has 2 rings (SSSR count). The fourth-order valence-electron chi connectivity index (χ4n) is 1.63. The van der Waals surface area contributed by atoms with Crippen molar-refractivity contribution in [2.75, 3.05) is 11.9 Å². The average Bonchev–Trinajstić information content (AvgIpc) is 2.47. The van der Waals surface area contributed by atoms with Crippen molar-refractivity contribution >= 4 is 49.4 Å². The molecule has 0 saturated carbocycles. The number of hydrogen-bond acceptors (Lipinski definition) is 2. The van der Waals surface area contributed by atoms with Crippen LogP contribution in [0.5, 0.6) is 0 Å². The predicted molar refractivity (Wildman–Crippen MR) is 89.2 cm³/mol. The molecule has 2 aromatic carbocycles. The highest BCUT2D eigenvalue weighted by atomic mass is 79.9. The van der Waals surface area contributed by atoms with E-state index in [2.05, 4.69) is 42.5 Å². The lowest BCUT2D eigenvalue weighted by Gasteiger charge is -2.07. The lowest BCUT2D eigenvalue weighted by molar-refractivity contribution is -0.115. The average molecular weight is 412 g/mol. The van der Waals surface area contributed by atoms with E-state index in [1.54, 1.807) is 30.3 Å². The number of carbonyl (C=O) groups excluding carboxylic acids is 2. The summed E-state index contributed by atoms with van der Waals surface area (Å²) in [5, 5.41) is 5.28. The van der Waals surface area contributed by atoms with Crippen LogP contribution in [0.15, 0.2) is 57.5 Å². The number of carbonyl (C=O) groups is 2. The number of halogens is 2. The zero-order valence-corrected chi connectivity index (χ0v) is 14.1. The van der Waals surface area contributed by atoms with E-state index in [0.717, 1.165) is 8.95 Å². The van der Waals surface area contributed by atoms with Crippen LogP contribution in [0.4, 0.5) is 5.69 Å². The van der Waals surface area contributed by atoms with Crippen LogP contribution >= 0.6 is 31.9 Å². The molecule has 108 valence electrons. The molecule has 21 heavy (non-hydrogen) atoms. The maximum Gasteiger partial charge on any atom is 0.251 e. The molecular formula is C15H12Br2N2O2. The number of rotatable bonds is 4. The van der Waals surface area contributed by atoms with Crippen molar-refractivity contribution in [2.24, 2.45) is 0 Å². The Morgan fingerprint density at radius 2 is 1.67 bits per heavy atom. The van der Waals surface area contributed by atoms with Gasteiger partial charge in [0.1, 0.15) is 0 Å². The maximum absolute atomic E-state index is 11.9. The number of nitrogens with one attached hydrogen (secondary N) is 2. The Kier molecular flexibility index (Phi) is 5.52. The van der Waals surface area contributed by atoms with Gasteiger partial charge in [-0.1, -0.05) is 37.9 Å². The van der Waals surface area contributed by atoms with Crippen LogP contribution in [-0.2, 0) is 4.79 Å². The van der Waals surface area contributed by atoms with Crippen LogP contribution in [0.3, 0.4) is 0 Å². The molecule has 0 saturated heterocycles. The molecule has 0 aliphatic carbocycles. The Labute approximate surface area is 139 Å². The zero-order valence-electron chi connectivity index (χ0n) is 10.9. The number of benzene rings is 2. The number of hydrogen-bond donors (Lipinski definition) is 2. The van der Waals surface area contributed by atoms with E-state index in [1.807, 2.05) is 18.2 Å². The van der Waals surface area contributed by atoms with Crippen molar-refractivity contribution in [3.63, 3.8) is 0 Å². The summed E-state index contributed by atoms with van der Waals surface area (Å²) >= 11 is 6.62. The molecule has 0 aliphatic heterocycles. The molecular weight excluding hydrogens is 400 g/mol. The van der Waals surface area contributed by atoms with Crippen LogP contribution in [0.25, 0.3) is 0 Å². The molecule has 0 spiro atoms. The first-order chi connectivity index (χ1) is 10.0. The minimum atomic E-state index is -0.290. The van der Waals surface area contributed by atoms with Crippen molar-refractivity contribution in [1.82, 2.24) is 5.32 Å². The smallest absolute Gasteiger partial charge is 0.251 e. The standard InChI is InChI=1S/C15H12Br2N2O2/c16-11-4-6-13(7-5-11)19-14(20)9-18-15(21)10-2-1-3-12(17)8-10/h1-8H,9H2,(H,18,21)(H,19,20). The Balaban J connectivity index is 1.86. The van der Waals surface area contributed by atoms with Gasteiger partial charge in [0.05, 0.1) is 6.54 Å². The van der Waals surface area contributed by atoms with Crippen molar-refractivity contribution < 1.29 is 9.59 Å². The van der Waals surface area contributed by atoms with Gasteiger partial charge in [-0.25, -0.2) is 0 Å². The van der Waals surface area contributed by atoms with Crippen molar-refractivity contribution in [3.05, 3.63) is 63.0 Å². The third-order valence-corrected chi connectivity index (χ3v) is 3.65. The summed E-state index contributed by atoms with van der Waals surface area (Å²) in [6, 6.07) is 14.2. The van der Waals surface area contributed by atoms with E-state index in [1.165, 1.54) is 0 Å². The van der Waals surface area contributed by atoms with Gasteiger partial charge in [0, 0.05) is 20.2 Å². The third-order valence-electron chi connectivity index (χ3n) is 2.62. The largest absolute Gasteiger partial charge is 0.343 e. The minimum absolute atomic E-state index is 0.0819. The van der Waals surface area contributed by atoms with E-state index < -0.39 is 0 Å². The van der Waals surface area contributed by atoms with E-state index in [-0.39, 0.29) is 18.4 Å². The van der Waals surface area contributed by atoms with Gasteiger partial charge in [-0.2, -0.15) is 0 Å². The molecule has 2 amide bonds. The second-order valence-corrected chi connectivity index (χ2v) is 6.08. The van der Waals surface area contributed by atoms with Gasteiger partial charge in [-0.3, -0.25) is 9.59 Å². The molecule has 0 radical (unpaired) electrons. The van der Waals surface area contributed by atoms with Crippen molar-refractivity contribution in [3.8, 4) is 0 Å². The summed E-state index contributed by atoms with van der Waals surface area (Å²) in [6.45, 7) is -0.0819. The van der Waals surface area contributed by atoms with Crippen molar-refractivity contribution in [2.45, 2.75) is 0 Å². The quantitative estimate of drug-likeness (QED) is 0.807. The highest BCUT2D eigenvalue weighted by molar-refractivity contribution is 9.10. The summed E-state index contributed by atoms with van der Waals surface area (Å²) in [4.78, 5) is 23.6. The van der Waals surface area contributed by atoms with Crippen LogP contribution in [0, 0.1) is 0 Å². The molecule has 4 nitrogen and oxygen atoms in total. The van der Waals surface area contributed by atoms with E-state index >= 15 is 0 Å². The van der Waals surface area contributed by atoms with Crippen LogP contribution in [-0.4, -0.2) is 18.4 Å². The zero-order chi connectivity index (χ0) is 15.2. The topological polar surface area (TPSA) is 58.2 Å². The molecule has 6 heteroatoms. The molecule has 0 heterocycles. The lowest BCUT2D eigenvalue weighted by atomic mass is 10.2. The van der Waals surface area contributed by atoms with E-state index in [4.69, 9.17) is 0 Å². The summed E-state index contributed by atoms with van der Waals surface area (Å²) in [5.41, 5.74) is 1.18. The van der Waals surface area contributed by atoms with Gasteiger partial charge in [0.2, 0.25) is 5.91 Å². The first-order valence-corrected chi connectivity index (χ1v) is 7.72. The molecule has 2 N–H and O–H groups in total. The van der Waals surface area contributed by atoms with Gasteiger partial charge >= 0.3 is 0 Å². The minimum Gasteiger partial charge on any atom is -0.343 e. The fraction of sp³-hybridized carbons (Fsp3) is 0.0667. The SMILES string of the molecule is O=C(CNC(=O)c1cccc(Br)c1)Nc1ccc(Br)cc1. The van der Waals surface area contributed by atoms with E-state index in [0.29, 0.717) is 11.3 Å². The summed E-state index contributed by atoms with van der Waals surface area (Å²) in [7, 11) is 0. The Bertz CT molecular complexity index is 657. The maximum atomic E-state index is 11.9. The van der Waals surface area contributed by atoms with Gasteiger partial charge in [0.15, 0.2) is 0 Å². The van der Waals surface area contributed by atoms with Gasteiger partial charge in [0.25, 0.3) is 5.91 Å². The Morgan fingerprint density at radius 3 is 2.33 bits per heavy atom. The predicted octanol–water partition coefficient (Wildman–Crippen LogP) is 3.58. The number of anilines is 1. The van der Waals surface area contributed by atoms with Crippen LogP contribution < -0.4 is 10.6 Å². The van der Waals surface area contributed by atoms with Crippen LogP contribution in [0.1, 0.15) is 10.4 Å². The van der Waals surface area contributed by atoms with Gasteiger partial charge < -0.3 is 10.6 Å². The normalized spacial score (nSPS) is 10.0. The molecule has 0 aliphatic rings. The Hall–Kier alpha value is -1.66. The summed E-state index contributed by atoms with van der Waals surface area (Å²) < 4.78 is 1.75. The first-order valence-electron chi connectivity index (χ1n) is 6.14. The second-order valence-electron chi connectivity index (χ2n) is 4.25. The number of amides is 2. The Morgan fingerprint density at radius 1 is 0.952 bits per heavy atom. The van der Waals surface area contributed by atoms with Gasteiger partial charge in [-0.15, -0.1) is 0 Å². The van der Waals surface area contributed by atoms with Crippen LogP contribution in [0.2, 0.25) is 0 Å². The van der Waals surface area contributed by atoms with E-state index in [9.17, 15) is 9.59 Å². The molecule has 0 fully saturated rings. The highest BCUT2D eigenvalue weighted by Crippen LogP contribution is 2.14. The lowest BCUT2D eigenvalue weighted by Crippen LogP contribution is -2.32. The molecule has 0 unspecified atom stereocenters. The monoisotopic (exact) mass is 410 g/mol. The molecule has 0 atom stereocenters. The fourth-order valence-corrected chi connectivity index (χ4v) is 2.29. The summed E-state index contributed by atoms with van der Waals surface area (Å²) in [6.07, 6.45) is 0. The second kappa shape index (κ2) is 7.38. The molecule has 0 aromatic heterocycles. The van der Waals surface area contributed by atoms with Crippen molar-refractivity contribution in [1.29, 1.82) is 0 Å². The summed E-state index contributed by atoms with van der Waals surface area (Å²) in [5.74, 6) is -0.567. The third kappa shape index (κ3) is 4.99.